The largest absolute Gasteiger partial charge is 0.322 e. The molecule has 1 aliphatic rings. The Bertz CT molecular complexity index is 1090. The lowest BCUT2D eigenvalue weighted by Gasteiger charge is -2.29. The second-order valence-corrected chi connectivity index (χ2v) is 9.35. The van der Waals surface area contributed by atoms with Crippen LogP contribution in [0.2, 0.25) is 0 Å². The van der Waals surface area contributed by atoms with E-state index in [-0.39, 0.29) is 23.6 Å². The molecule has 0 aliphatic carbocycles. The molecular weight excluding hydrogens is 372 g/mol. The zero-order valence-electron chi connectivity index (χ0n) is 15.4. The van der Waals surface area contributed by atoms with Crippen molar-refractivity contribution in [1.82, 2.24) is 4.90 Å². The molecule has 1 atom stereocenters. The highest BCUT2D eigenvalue weighted by molar-refractivity contribution is 7.91. The summed E-state index contributed by atoms with van der Waals surface area (Å²) in [5.74, 6) is 0.141. The van der Waals surface area contributed by atoms with Crippen molar-refractivity contribution < 1.29 is 13.2 Å². The Labute approximate surface area is 164 Å². The third kappa shape index (κ3) is 4.02. The highest BCUT2D eigenvalue weighted by atomic mass is 32.2. The average molecular weight is 394 g/mol. The molecule has 1 heterocycles. The topological polar surface area (TPSA) is 66.5 Å². The number of anilines is 1. The molecule has 0 aromatic heterocycles. The maximum atomic E-state index is 13.1. The van der Waals surface area contributed by atoms with Crippen LogP contribution < -0.4 is 5.32 Å². The summed E-state index contributed by atoms with van der Waals surface area (Å²) in [5.41, 5.74) is 1.70. The van der Waals surface area contributed by atoms with Gasteiger partial charge in [-0.15, -0.1) is 0 Å². The molecule has 1 aliphatic heterocycles. The summed E-state index contributed by atoms with van der Waals surface area (Å²) < 4.78 is 24.1. The summed E-state index contributed by atoms with van der Waals surface area (Å²) in [6, 6.07) is 22.6. The molecule has 4 rings (SSSR count). The monoisotopic (exact) mass is 394 g/mol. The van der Waals surface area contributed by atoms with Gasteiger partial charge in [-0.2, -0.15) is 0 Å². The predicted octanol–water partition coefficient (Wildman–Crippen LogP) is 4.06. The maximum Gasteiger partial charge on any atom is 0.322 e. The molecule has 1 N–H and O–H groups in total. The lowest BCUT2D eigenvalue weighted by Crippen LogP contribution is -2.43. The van der Waals surface area contributed by atoms with Gasteiger partial charge in [0.15, 0.2) is 9.84 Å². The van der Waals surface area contributed by atoms with Gasteiger partial charge in [-0.3, -0.25) is 0 Å². The molecule has 5 nitrogen and oxygen atoms in total. The Morgan fingerprint density at radius 3 is 2.43 bits per heavy atom. The highest BCUT2D eigenvalue weighted by Crippen LogP contribution is 2.25. The fourth-order valence-corrected chi connectivity index (χ4v) is 5.45. The van der Waals surface area contributed by atoms with Crippen molar-refractivity contribution in [3.63, 3.8) is 0 Å². The van der Waals surface area contributed by atoms with E-state index in [1.54, 1.807) is 4.90 Å². The lowest BCUT2D eigenvalue weighted by molar-refractivity contribution is 0.190. The fraction of sp³-hybridized carbons (Fsp3) is 0.227. The number of sulfone groups is 1. The van der Waals surface area contributed by atoms with Gasteiger partial charge in [0.1, 0.15) is 0 Å². The van der Waals surface area contributed by atoms with E-state index in [4.69, 9.17) is 0 Å². The van der Waals surface area contributed by atoms with Crippen molar-refractivity contribution in [2.75, 3.05) is 16.8 Å². The smallest absolute Gasteiger partial charge is 0.316 e. The first-order chi connectivity index (χ1) is 13.5. The zero-order valence-corrected chi connectivity index (χ0v) is 16.2. The molecule has 0 bridgehead atoms. The summed E-state index contributed by atoms with van der Waals surface area (Å²) in [7, 11) is -3.10. The summed E-state index contributed by atoms with van der Waals surface area (Å²) in [6.07, 6.45) is 0.468. The van der Waals surface area contributed by atoms with Crippen LogP contribution in [0, 0.1) is 0 Å². The van der Waals surface area contributed by atoms with Crippen LogP contribution in [0.15, 0.2) is 72.8 Å². The molecule has 3 aromatic carbocycles. The van der Waals surface area contributed by atoms with Crippen LogP contribution in [-0.2, 0) is 16.4 Å². The Morgan fingerprint density at radius 2 is 1.68 bits per heavy atom. The first-order valence-corrected chi connectivity index (χ1v) is 11.1. The molecule has 1 fully saturated rings. The van der Waals surface area contributed by atoms with Gasteiger partial charge in [-0.05, 0) is 34.9 Å². The first kappa shape index (κ1) is 18.5. The number of hydrogen-bond acceptors (Lipinski definition) is 3. The summed E-state index contributed by atoms with van der Waals surface area (Å²) in [6.45, 7) is 0.361. The molecule has 0 spiro atoms. The van der Waals surface area contributed by atoms with E-state index in [0.29, 0.717) is 18.7 Å². The third-order valence-electron chi connectivity index (χ3n) is 5.16. The molecule has 2 amide bonds. The van der Waals surface area contributed by atoms with Crippen LogP contribution in [0.1, 0.15) is 12.0 Å². The third-order valence-corrected chi connectivity index (χ3v) is 6.91. The first-order valence-electron chi connectivity index (χ1n) is 9.31. The molecule has 28 heavy (non-hydrogen) atoms. The van der Waals surface area contributed by atoms with E-state index in [9.17, 15) is 13.2 Å². The summed E-state index contributed by atoms with van der Waals surface area (Å²) in [5, 5.41) is 5.08. The Hall–Kier alpha value is -2.86. The maximum absolute atomic E-state index is 13.1. The molecule has 0 saturated carbocycles. The van der Waals surface area contributed by atoms with E-state index in [2.05, 4.69) is 5.32 Å². The number of amides is 2. The number of nitrogens with one attached hydrogen (secondary N) is 1. The molecule has 6 heteroatoms. The Morgan fingerprint density at radius 1 is 0.964 bits per heavy atom. The predicted molar refractivity (Wildman–Crippen MR) is 112 cm³/mol. The standard InChI is InChI=1S/C22H22N2O3S/c25-22(23-19-10-2-1-3-11-19)24(20-13-14-28(26,27)16-20)15-18-9-6-8-17-7-4-5-12-21(17)18/h1-12,20H,13-16H2,(H,23,25)/t20-/m0/s1. The van der Waals surface area contributed by atoms with E-state index in [0.717, 1.165) is 16.3 Å². The minimum atomic E-state index is -3.10. The van der Waals surface area contributed by atoms with Crippen LogP contribution in [0.5, 0.6) is 0 Å². The van der Waals surface area contributed by atoms with Gasteiger partial charge in [0.25, 0.3) is 0 Å². The number of hydrogen-bond donors (Lipinski definition) is 1. The number of carbonyl (C=O) groups is 1. The Balaban J connectivity index is 1.65. The van der Waals surface area contributed by atoms with Gasteiger partial charge in [0, 0.05) is 18.3 Å². The van der Waals surface area contributed by atoms with Gasteiger partial charge in [0.05, 0.1) is 11.5 Å². The lowest BCUT2D eigenvalue weighted by atomic mass is 10.0. The van der Waals surface area contributed by atoms with Gasteiger partial charge >= 0.3 is 6.03 Å². The van der Waals surface area contributed by atoms with Crippen molar-refractivity contribution in [3.05, 3.63) is 78.4 Å². The van der Waals surface area contributed by atoms with Crippen molar-refractivity contribution in [1.29, 1.82) is 0 Å². The van der Waals surface area contributed by atoms with Gasteiger partial charge < -0.3 is 10.2 Å². The molecule has 3 aromatic rings. The number of benzene rings is 3. The molecule has 0 radical (unpaired) electrons. The summed E-state index contributed by atoms with van der Waals surface area (Å²) in [4.78, 5) is 14.7. The number of carbonyl (C=O) groups excluding carboxylic acids is 1. The van der Waals surface area contributed by atoms with Crippen LogP contribution in [0.25, 0.3) is 10.8 Å². The van der Waals surface area contributed by atoms with Gasteiger partial charge in [-0.1, -0.05) is 60.7 Å². The second kappa shape index (κ2) is 7.64. The normalized spacial score (nSPS) is 18.1. The molecular formula is C22H22N2O3S. The second-order valence-electron chi connectivity index (χ2n) is 7.12. The van der Waals surface area contributed by atoms with Crippen molar-refractivity contribution in [3.8, 4) is 0 Å². The number of para-hydroxylation sites is 1. The molecule has 1 saturated heterocycles. The van der Waals surface area contributed by atoms with Crippen LogP contribution in [-0.4, -0.2) is 36.9 Å². The summed E-state index contributed by atoms with van der Waals surface area (Å²) >= 11 is 0. The SMILES string of the molecule is O=C(Nc1ccccc1)N(Cc1cccc2ccccc12)[C@H]1CCS(=O)(=O)C1. The minimum Gasteiger partial charge on any atom is -0.316 e. The van der Waals surface area contributed by atoms with Crippen molar-refractivity contribution >= 4 is 32.3 Å². The molecule has 0 unspecified atom stereocenters. The van der Waals surface area contributed by atoms with E-state index in [1.807, 2.05) is 72.8 Å². The van der Waals surface area contributed by atoms with Crippen molar-refractivity contribution in [2.45, 2.75) is 19.0 Å². The number of nitrogens with zero attached hydrogens (tertiary/aromatic N) is 1. The van der Waals surface area contributed by atoms with Crippen LogP contribution in [0.4, 0.5) is 10.5 Å². The fourth-order valence-electron chi connectivity index (χ4n) is 3.72. The Kier molecular flexibility index (Phi) is 5.05. The minimum absolute atomic E-state index is 0.0139. The average Bonchev–Trinajstić information content (AvgIpc) is 3.06. The van der Waals surface area contributed by atoms with E-state index in [1.165, 1.54) is 0 Å². The number of fused-ring (bicyclic) bond motifs is 1. The number of urea groups is 1. The van der Waals surface area contributed by atoms with Crippen LogP contribution >= 0.6 is 0 Å². The van der Waals surface area contributed by atoms with Crippen LogP contribution in [0.3, 0.4) is 0 Å². The van der Waals surface area contributed by atoms with Gasteiger partial charge in [-0.25, -0.2) is 13.2 Å². The number of rotatable bonds is 4. The van der Waals surface area contributed by atoms with Gasteiger partial charge in [0.2, 0.25) is 0 Å². The highest BCUT2D eigenvalue weighted by Gasteiger charge is 2.35. The van der Waals surface area contributed by atoms with E-state index < -0.39 is 9.84 Å². The van der Waals surface area contributed by atoms with E-state index >= 15 is 0 Å². The molecule has 144 valence electrons. The zero-order chi connectivity index (χ0) is 19.6. The quantitative estimate of drug-likeness (QED) is 0.726. The van der Waals surface area contributed by atoms with Crippen molar-refractivity contribution in [2.24, 2.45) is 0 Å².